The summed E-state index contributed by atoms with van der Waals surface area (Å²) in [4.78, 5) is 25.2. The molecule has 0 unspecified atom stereocenters. The minimum atomic E-state index is -1.60. The molecule has 1 aliphatic rings. The summed E-state index contributed by atoms with van der Waals surface area (Å²) < 4.78 is 10.9. The van der Waals surface area contributed by atoms with Gasteiger partial charge in [-0.15, -0.1) is 0 Å². The van der Waals surface area contributed by atoms with Crippen molar-refractivity contribution in [3.63, 3.8) is 0 Å². The Bertz CT molecular complexity index is 554. The van der Waals surface area contributed by atoms with Crippen molar-refractivity contribution in [3.8, 4) is 0 Å². The number of aromatic amines is 1. The molecule has 2 rings (SSSR count). The molecular weight excluding hydrogens is 288 g/mol. The number of aromatic nitrogens is 2. The molecule has 1 saturated heterocycles. The third-order valence-electron chi connectivity index (χ3n) is 3.16. The van der Waals surface area contributed by atoms with E-state index in [1.807, 2.05) is 0 Å². The molecule has 1 fully saturated rings. The second-order valence-electron chi connectivity index (χ2n) is 4.54. The smallest absolute Gasteiger partial charge is 0.330 e. The average Bonchev–Trinajstić information content (AvgIpc) is 2.46. The predicted molar refractivity (Wildman–Crippen MR) is 66.2 cm³/mol. The van der Waals surface area contributed by atoms with E-state index >= 15 is 0 Å². The van der Waals surface area contributed by atoms with Crippen molar-refractivity contribution >= 4 is 0 Å². The van der Waals surface area contributed by atoms with E-state index in [2.05, 4.69) is 4.98 Å². The lowest BCUT2D eigenvalue weighted by Gasteiger charge is -2.39. The first-order valence-corrected chi connectivity index (χ1v) is 6.16. The third-order valence-corrected chi connectivity index (χ3v) is 3.16. The largest absolute Gasteiger partial charge is 0.394 e. The molecule has 0 aromatic carbocycles. The number of H-pyrrole nitrogens is 1. The Morgan fingerprint density at radius 1 is 1.24 bits per heavy atom. The zero-order valence-electron chi connectivity index (χ0n) is 10.8. The van der Waals surface area contributed by atoms with Gasteiger partial charge in [-0.3, -0.25) is 4.79 Å². The van der Waals surface area contributed by atoms with Gasteiger partial charge < -0.3 is 34.9 Å². The van der Waals surface area contributed by atoms with Gasteiger partial charge in [0.15, 0.2) is 6.29 Å². The molecule has 10 heteroatoms. The van der Waals surface area contributed by atoms with Crippen molar-refractivity contribution in [1.29, 1.82) is 0 Å². The van der Waals surface area contributed by atoms with E-state index in [0.29, 0.717) is 4.57 Å². The van der Waals surface area contributed by atoms with Gasteiger partial charge in [0.2, 0.25) is 0 Å². The Balaban J connectivity index is 2.09. The van der Waals surface area contributed by atoms with Crippen molar-refractivity contribution in [1.82, 2.24) is 9.55 Å². The predicted octanol–water partition coefficient (Wildman–Crippen LogP) is -3.69. The molecule has 0 aliphatic carbocycles. The highest BCUT2D eigenvalue weighted by Gasteiger charge is 2.44. The Labute approximate surface area is 117 Å². The van der Waals surface area contributed by atoms with Crippen molar-refractivity contribution in [2.45, 2.75) is 37.4 Å². The average molecular weight is 304 g/mol. The highest BCUT2D eigenvalue weighted by molar-refractivity contribution is 4.89. The number of aliphatic hydroxyl groups excluding tert-OH is 4. The first-order valence-electron chi connectivity index (χ1n) is 6.16. The Morgan fingerprint density at radius 2 is 1.95 bits per heavy atom. The Kier molecular flexibility index (Phi) is 4.88. The van der Waals surface area contributed by atoms with Gasteiger partial charge in [-0.2, -0.15) is 0 Å². The fourth-order valence-electron chi connectivity index (χ4n) is 1.93. The summed E-state index contributed by atoms with van der Waals surface area (Å²) in [6.45, 7) is -1.13. The zero-order chi connectivity index (χ0) is 15.6. The van der Waals surface area contributed by atoms with E-state index in [1.54, 1.807) is 0 Å². The SMILES string of the molecule is O=c1cc[nH]c(=O)n1CO[C@@H]1O[C@H](CO)[C@@H](O)[C@H](O)[C@H]1O. The molecule has 21 heavy (non-hydrogen) atoms. The highest BCUT2D eigenvalue weighted by Crippen LogP contribution is 2.21. The van der Waals surface area contributed by atoms with Gasteiger partial charge in [-0.05, 0) is 0 Å². The molecule has 0 amide bonds. The van der Waals surface area contributed by atoms with Crippen molar-refractivity contribution < 1.29 is 29.9 Å². The molecule has 5 atom stereocenters. The van der Waals surface area contributed by atoms with E-state index in [4.69, 9.17) is 14.6 Å². The van der Waals surface area contributed by atoms with Crippen LogP contribution in [-0.2, 0) is 16.2 Å². The number of aliphatic hydroxyl groups is 4. The lowest BCUT2D eigenvalue weighted by molar-refractivity contribution is -0.308. The van der Waals surface area contributed by atoms with Gasteiger partial charge in [-0.25, -0.2) is 9.36 Å². The number of ether oxygens (including phenoxy) is 2. The van der Waals surface area contributed by atoms with Crippen LogP contribution in [0.15, 0.2) is 21.9 Å². The molecule has 118 valence electrons. The quantitative estimate of drug-likeness (QED) is 0.381. The maximum atomic E-state index is 11.5. The molecule has 10 nitrogen and oxygen atoms in total. The summed E-state index contributed by atoms with van der Waals surface area (Å²) >= 11 is 0. The van der Waals surface area contributed by atoms with Crippen LogP contribution >= 0.6 is 0 Å². The standard InChI is InChI=1S/C11H16N2O8/c14-3-5-7(16)8(17)9(18)10(21-5)20-4-13-6(15)1-2-12-11(13)19/h1-2,5,7-10,14,16-18H,3-4H2,(H,12,19)/t5-,7-,8+,9-,10-/m1/s1. The fourth-order valence-corrected chi connectivity index (χ4v) is 1.93. The summed E-state index contributed by atoms with van der Waals surface area (Å²) in [6, 6.07) is 1.11. The van der Waals surface area contributed by atoms with Crippen LogP contribution in [0.1, 0.15) is 0 Å². The topological polar surface area (TPSA) is 154 Å². The summed E-state index contributed by atoms with van der Waals surface area (Å²) in [5.74, 6) is 0. The van der Waals surface area contributed by atoms with Gasteiger partial charge in [-0.1, -0.05) is 0 Å². The van der Waals surface area contributed by atoms with Crippen LogP contribution in [-0.4, -0.2) is 67.3 Å². The lowest BCUT2D eigenvalue weighted by Crippen LogP contribution is -2.59. The molecule has 2 heterocycles. The fraction of sp³-hybridized carbons (Fsp3) is 0.636. The Morgan fingerprint density at radius 3 is 2.57 bits per heavy atom. The lowest BCUT2D eigenvalue weighted by atomic mass is 9.99. The van der Waals surface area contributed by atoms with Crippen molar-refractivity contribution in [3.05, 3.63) is 33.1 Å². The maximum absolute atomic E-state index is 11.5. The van der Waals surface area contributed by atoms with Gasteiger partial charge in [0.25, 0.3) is 5.56 Å². The Hall–Kier alpha value is -1.56. The number of hydrogen-bond donors (Lipinski definition) is 5. The monoisotopic (exact) mass is 304 g/mol. The normalized spacial score (nSPS) is 33.0. The molecule has 1 aromatic heterocycles. The second-order valence-corrected chi connectivity index (χ2v) is 4.54. The van der Waals surface area contributed by atoms with Crippen LogP contribution < -0.4 is 11.2 Å². The van der Waals surface area contributed by atoms with E-state index in [9.17, 15) is 24.9 Å². The van der Waals surface area contributed by atoms with Crippen LogP contribution in [0.5, 0.6) is 0 Å². The van der Waals surface area contributed by atoms with Gasteiger partial charge in [0.05, 0.1) is 6.61 Å². The number of hydrogen-bond acceptors (Lipinski definition) is 8. The summed E-state index contributed by atoms with van der Waals surface area (Å²) in [7, 11) is 0. The first kappa shape index (κ1) is 15.8. The number of nitrogens with zero attached hydrogens (tertiary/aromatic N) is 1. The van der Waals surface area contributed by atoms with E-state index in [-0.39, 0.29) is 0 Å². The zero-order valence-corrected chi connectivity index (χ0v) is 10.8. The van der Waals surface area contributed by atoms with Crippen molar-refractivity contribution in [2.24, 2.45) is 0 Å². The van der Waals surface area contributed by atoms with Crippen LogP contribution in [0.25, 0.3) is 0 Å². The highest BCUT2D eigenvalue weighted by atomic mass is 16.7. The summed E-state index contributed by atoms with van der Waals surface area (Å²) in [5.41, 5.74) is -1.34. The van der Waals surface area contributed by atoms with E-state index < -0.39 is 55.3 Å². The van der Waals surface area contributed by atoms with Crippen LogP contribution in [0, 0.1) is 0 Å². The van der Waals surface area contributed by atoms with Crippen LogP contribution in [0.3, 0.4) is 0 Å². The second kappa shape index (κ2) is 6.47. The van der Waals surface area contributed by atoms with E-state index in [0.717, 1.165) is 6.07 Å². The van der Waals surface area contributed by atoms with Crippen LogP contribution in [0.2, 0.25) is 0 Å². The molecule has 1 aliphatic heterocycles. The molecule has 0 spiro atoms. The minimum absolute atomic E-state index is 0.530. The molecular formula is C11H16N2O8. The molecule has 1 aromatic rings. The van der Waals surface area contributed by atoms with Gasteiger partial charge in [0, 0.05) is 12.3 Å². The number of nitrogens with one attached hydrogen (secondary N) is 1. The van der Waals surface area contributed by atoms with Gasteiger partial charge in [0.1, 0.15) is 31.1 Å². The number of rotatable bonds is 4. The summed E-state index contributed by atoms with van der Waals surface area (Å²) in [6.07, 6.45) is -6.05. The first-order chi connectivity index (χ1) is 9.95. The van der Waals surface area contributed by atoms with Crippen LogP contribution in [0.4, 0.5) is 0 Å². The van der Waals surface area contributed by atoms with Crippen molar-refractivity contribution in [2.75, 3.05) is 6.61 Å². The molecule has 0 radical (unpaired) electrons. The third kappa shape index (κ3) is 3.20. The summed E-state index contributed by atoms with van der Waals surface area (Å²) in [5, 5.41) is 37.9. The maximum Gasteiger partial charge on any atom is 0.330 e. The van der Waals surface area contributed by atoms with E-state index in [1.165, 1.54) is 6.20 Å². The molecule has 0 bridgehead atoms. The molecule has 5 N–H and O–H groups in total. The van der Waals surface area contributed by atoms with Gasteiger partial charge >= 0.3 is 5.69 Å². The molecule has 0 saturated carbocycles. The minimum Gasteiger partial charge on any atom is -0.394 e.